The number of carbonyl (C=O) groups is 1. The van der Waals surface area contributed by atoms with Crippen LogP contribution >= 0.6 is 0 Å². The predicted octanol–water partition coefficient (Wildman–Crippen LogP) is 1.48. The fraction of sp³-hybridized carbons (Fsp3) is 0.231. The zero-order valence-corrected chi connectivity index (χ0v) is 9.85. The molecule has 1 aromatic carbocycles. The predicted molar refractivity (Wildman–Crippen MR) is 65.7 cm³/mol. The van der Waals surface area contributed by atoms with Crippen molar-refractivity contribution in [1.82, 2.24) is 10.3 Å². The number of amides is 1. The topological polar surface area (TPSA) is 62.2 Å². The Morgan fingerprint density at radius 2 is 2.33 bits per heavy atom. The number of halogens is 1. The zero-order valence-electron chi connectivity index (χ0n) is 9.85. The third-order valence-corrected chi connectivity index (χ3v) is 2.57. The molecule has 94 valence electrons. The molecular formula is C13H13FN2O2. The van der Waals surface area contributed by atoms with Gasteiger partial charge in [0.2, 0.25) is 0 Å². The number of hydrogen-bond donors (Lipinski definition) is 2. The molecule has 2 aromatic rings. The first-order valence-electron chi connectivity index (χ1n) is 5.58. The molecule has 0 saturated heterocycles. The van der Waals surface area contributed by atoms with E-state index in [2.05, 4.69) is 10.3 Å². The van der Waals surface area contributed by atoms with Gasteiger partial charge in [0.1, 0.15) is 5.82 Å². The van der Waals surface area contributed by atoms with Crippen molar-refractivity contribution in [3.63, 3.8) is 0 Å². The summed E-state index contributed by atoms with van der Waals surface area (Å²) < 4.78 is 13.4. The van der Waals surface area contributed by atoms with E-state index in [0.29, 0.717) is 10.9 Å². The lowest BCUT2D eigenvalue weighted by atomic mass is 10.1. The molecule has 0 aliphatic heterocycles. The van der Waals surface area contributed by atoms with E-state index in [0.717, 1.165) is 6.07 Å². The van der Waals surface area contributed by atoms with Crippen LogP contribution in [0, 0.1) is 5.82 Å². The number of aromatic nitrogens is 1. The van der Waals surface area contributed by atoms with Crippen LogP contribution in [0.4, 0.5) is 4.39 Å². The number of aliphatic hydroxyl groups excluding tert-OH is 1. The number of benzene rings is 1. The third-order valence-electron chi connectivity index (χ3n) is 2.57. The molecule has 4 nitrogen and oxygen atoms in total. The van der Waals surface area contributed by atoms with E-state index in [1.807, 2.05) is 0 Å². The first kappa shape index (κ1) is 12.4. The Labute approximate surface area is 103 Å². The fourth-order valence-corrected chi connectivity index (χ4v) is 1.68. The van der Waals surface area contributed by atoms with Gasteiger partial charge >= 0.3 is 0 Å². The lowest BCUT2D eigenvalue weighted by Gasteiger charge is -2.12. The van der Waals surface area contributed by atoms with Gasteiger partial charge in [-0.15, -0.1) is 0 Å². The molecule has 2 N–H and O–H groups in total. The summed E-state index contributed by atoms with van der Waals surface area (Å²) in [7, 11) is 0. The highest BCUT2D eigenvalue weighted by atomic mass is 19.1. The molecule has 0 spiro atoms. The van der Waals surface area contributed by atoms with Gasteiger partial charge in [-0.1, -0.05) is 6.07 Å². The Balaban J connectivity index is 2.46. The largest absolute Gasteiger partial charge is 0.394 e. The Kier molecular flexibility index (Phi) is 3.53. The number of fused-ring (bicyclic) bond motifs is 1. The molecule has 2 rings (SSSR count). The normalized spacial score (nSPS) is 12.4. The minimum atomic E-state index is -0.489. The molecule has 1 aromatic heterocycles. The summed E-state index contributed by atoms with van der Waals surface area (Å²) in [5.74, 6) is -0.933. The van der Waals surface area contributed by atoms with Gasteiger partial charge in [0, 0.05) is 17.6 Å². The van der Waals surface area contributed by atoms with Crippen LogP contribution in [0.15, 0.2) is 30.5 Å². The van der Waals surface area contributed by atoms with Crippen LogP contribution < -0.4 is 5.32 Å². The zero-order chi connectivity index (χ0) is 13.1. The minimum Gasteiger partial charge on any atom is -0.394 e. The first-order chi connectivity index (χ1) is 8.61. The Bertz CT molecular complexity index is 586. The van der Waals surface area contributed by atoms with Gasteiger partial charge in [0.25, 0.3) is 5.91 Å². The van der Waals surface area contributed by atoms with Gasteiger partial charge in [-0.25, -0.2) is 4.39 Å². The maximum absolute atomic E-state index is 13.4. The van der Waals surface area contributed by atoms with Gasteiger partial charge in [-0.2, -0.15) is 0 Å². The van der Waals surface area contributed by atoms with Crippen LogP contribution in [-0.2, 0) is 0 Å². The van der Waals surface area contributed by atoms with Crippen LogP contribution in [0.5, 0.6) is 0 Å². The van der Waals surface area contributed by atoms with E-state index in [1.54, 1.807) is 25.3 Å². The quantitative estimate of drug-likeness (QED) is 0.865. The van der Waals surface area contributed by atoms with Crippen molar-refractivity contribution in [3.05, 3.63) is 41.8 Å². The number of pyridine rings is 1. The molecule has 0 fully saturated rings. The average Bonchev–Trinajstić information content (AvgIpc) is 2.37. The molecule has 0 bridgehead atoms. The standard InChI is InChI=1S/C13H13FN2O2/c1-8(7-17)16-13(18)11-6-10(14)5-9-3-2-4-15-12(9)11/h2-6,8,17H,7H2,1H3,(H,16,18)/t8-/m0/s1. The van der Waals surface area contributed by atoms with Crippen molar-refractivity contribution in [1.29, 1.82) is 0 Å². The van der Waals surface area contributed by atoms with E-state index < -0.39 is 11.7 Å². The molecule has 0 radical (unpaired) electrons. The van der Waals surface area contributed by atoms with Gasteiger partial charge in [0.05, 0.1) is 17.7 Å². The van der Waals surface area contributed by atoms with E-state index in [9.17, 15) is 9.18 Å². The molecule has 0 aliphatic carbocycles. The molecular weight excluding hydrogens is 235 g/mol. The van der Waals surface area contributed by atoms with Crippen molar-refractivity contribution in [3.8, 4) is 0 Å². The monoisotopic (exact) mass is 248 g/mol. The molecule has 0 saturated carbocycles. The molecule has 5 heteroatoms. The third kappa shape index (κ3) is 2.46. The van der Waals surface area contributed by atoms with Gasteiger partial charge in [0.15, 0.2) is 0 Å². The lowest BCUT2D eigenvalue weighted by molar-refractivity contribution is 0.0923. The maximum Gasteiger partial charge on any atom is 0.253 e. The highest BCUT2D eigenvalue weighted by molar-refractivity contribution is 6.05. The number of rotatable bonds is 3. The van der Waals surface area contributed by atoms with Crippen LogP contribution in [0.3, 0.4) is 0 Å². The molecule has 1 heterocycles. The Hall–Kier alpha value is -2.01. The number of hydrogen-bond acceptors (Lipinski definition) is 3. The van der Waals surface area contributed by atoms with Crippen molar-refractivity contribution in [2.24, 2.45) is 0 Å². The second-order valence-corrected chi connectivity index (χ2v) is 4.09. The molecule has 0 unspecified atom stereocenters. The molecule has 1 atom stereocenters. The smallest absolute Gasteiger partial charge is 0.253 e. The lowest BCUT2D eigenvalue weighted by Crippen LogP contribution is -2.35. The number of carbonyl (C=O) groups excluding carboxylic acids is 1. The van der Waals surface area contributed by atoms with Crippen LogP contribution in [-0.4, -0.2) is 28.6 Å². The number of nitrogens with one attached hydrogen (secondary N) is 1. The van der Waals surface area contributed by atoms with Crippen LogP contribution in [0.2, 0.25) is 0 Å². The maximum atomic E-state index is 13.4. The summed E-state index contributed by atoms with van der Waals surface area (Å²) in [4.78, 5) is 16.0. The molecule has 18 heavy (non-hydrogen) atoms. The van der Waals surface area contributed by atoms with Crippen molar-refractivity contribution < 1.29 is 14.3 Å². The summed E-state index contributed by atoms with van der Waals surface area (Å²) in [5.41, 5.74) is 0.618. The van der Waals surface area contributed by atoms with Crippen molar-refractivity contribution >= 4 is 16.8 Å². The summed E-state index contributed by atoms with van der Waals surface area (Å²) in [6.45, 7) is 1.49. The molecule has 0 aliphatic rings. The highest BCUT2D eigenvalue weighted by Gasteiger charge is 2.14. The average molecular weight is 248 g/mol. The number of nitrogens with zero attached hydrogens (tertiary/aromatic N) is 1. The SMILES string of the molecule is C[C@@H](CO)NC(=O)c1cc(F)cc2cccnc12. The van der Waals surface area contributed by atoms with Crippen molar-refractivity contribution in [2.45, 2.75) is 13.0 Å². The number of aliphatic hydroxyl groups is 1. The Morgan fingerprint density at radius 1 is 1.56 bits per heavy atom. The highest BCUT2D eigenvalue weighted by Crippen LogP contribution is 2.18. The second-order valence-electron chi connectivity index (χ2n) is 4.09. The summed E-state index contributed by atoms with van der Waals surface area (Å²) in [6, 6.07) is 5.46. The minimum absolute atomic E-state index is 0.172. The van der Waals surface area contributed by atoms with Crippen LogP contribution in [0.25, 0.3) is 10.9 Å². The first-order valence-corrected chi connectivity index (χ1v) is 5.58. The van der Waals surface area contributed by atoms with Gasteiger partial charge in [-0.3, -0.25) is 9.78 Å². The molecule has 1 amide bonds. The summed E-state index contributed by atoms with van der Waals surface area (Å²) in [5, 5.41) is 12.0. The van der Waals surface area contributed by atoms with E-state index in [-0.39, 0.29) is 18.2 Å². The second kappa shape index (κ2) is 5.10. The Morgan fingerprint density at radius 3 is 3.06 bits per heavy atom. The van der Waals surface area contributed by atoms with E-state index in [4.69, 9.17) is 5.11 Å². The van der Waals surface area contributed by atoms with E-state index >= 15 is 0 Å². The fourth-order valence-electron chi connectivity index (χ4n) is 1.68. The van der Waals surface area contributed by atoms with Gasteiger partial charge in [-0.05, 0) is 25.1 Å². The van der Waals surface area contributed by atoms with Crippen LogP contribution in [0.1, 0.15) is 17.3 Å². The summed E-state index contributed by atoms with van der Waals surface area (Å²) >= 11 is 0. The van der Waals surface area contributed by atoms with Crippen molar-refractivity contribution in [2.75, 3.05) is 6.61 Å². The van der Waals surface area contributed by atoms with E-state index in [1.165, 1.54) is 6.07 Å². The summed E-state index contributed by atoms with van der Waals surface area (Å²) in [6.07, 6.45) is 1.55. The van der Waals surface area contributed by atoms with Gasteiger partial charge < -0.3 is 10.4 Å².